The zero-order chi connectivity index (χ0) is 19.4. The average molecular weight is 382 g/mol. The molecule has 4 N–H and O–H groups in total. The van der Waals surface area contributed by atoms with Crippen molar-refractivity contribution in [3.8, 4) is 28.4 Å². The molecule has 0 saturated carbocycles. The molecule has 142 valence electrons. The van der Waals surface area contributed by atoms with Gasteiger partial charge in [0, 0.05) is 22.9 Å². The highest BCUT2D eigenvalue weighted by atomic mass is 19.3. The first kappa shape index (κ1) is 19.3. The number of anilines is 2. The summed E-state index contributed by atoms with van der Waals surface area (Å²) in [4.78, 5) is 0. The van der Waals surface area contributed by atoms with Gasteiger partial charge >= 0.3 is 19.8 Å². The van der Waals surface area contributed by atoms with Gasteiger partial charge in [0.2, 0.25) is 0 Å². The van der Waals surface area contributed by atoms with E-state index >= 15 is 0 Å². The predicted molar refractivity (Wildman–Crippen MR) is 80.6 cm³/mol. The first-order valence-electron chi connectivity index (χ1n) is 6.85. The lowest BCUT2D eigenvalue weighted by molar-refractivity contribution is -0.0685. The third kappa shape index (κ3) is 4.55. The Labute approximate surface area is 143 Å². The van der Waals surface area contributed by atoms with Crippen molar-refractivity contribution < 1.29 is 40.6 Å². The summed E-state index contributed by atoms with van der Waals surface area (Å²) in [5.41, 5.74) is 10.1. The maximum absolute atomic E-state index is 12.8. The van der Waals surface area contributed by atoms with Crippen molar-refractivity contribution >= 4 is 11.4 Å². The monoisotopic (exact) mass is 382 g/mol. The molecule has 0 amide bonds. The fourth-order valence-electron chi connectivity index (χ4n) is 2.16. The van der Waals surface area contributed by atoms with E-state index in [-0.39, 0.29) is 16.8 Å². The Bertz CT molecular complexity index is 773. The van der Waals surface area contributed by atoms with E-state index in [1.807, 2.05) is 0 Å². The van der Waals surface area contributed by atoms with Crippen molar-refractivity contribution in [3.63, 3.8) is 0 Å². The second-order valence-electron chi connectivity index (χ2n) is 4.75. The lowest BCUT2D eigenvalue weighted by Gasteiger charge is -2.19. The zero-order valence-corrected chi connectivity index (χ0v) is 12.8. The molecule has 0 heterocycles. The lowest BCUT2D eigenvalue weighted by Crippen LogP contribution is -2.11. The molecule has 0 bridgehead atoms. The molecule has 0 atom stereocenters. The van der Waals surface area contributed by atoms with E-state index in [9.17, 15) is 26.3 Å². The summed E-state index contributed by atoms with van der Waals surface area (Å²) in [6, 6.07) is 5.62. The van der Waals surface area contributed by atoms with E-state index in [1.165, 1.54) is 12.1 Å². The van der Waals surface area contributed by atoms with Crippen molar-refractivity contribution in [3.05, 3.63) is 30.3 Å². The van der Waals surface area contributed by atoms with Gasteiger partial charge in [0.1, 0.15) is 5.75 Å². The molecule has 0 spiro atoms. The fraction of sp³-hybridized carbons (Fsp3) is 0.200. The molecule has 11 heteroatoms. The maximum atomic E-state index is 12.8. The number of halogens is 6. The molecule has 0 aliphatic rings. The van der Waals surface area contributed by atoms with Gasteiger partial charge in [0.25, 0.3) is 0 Å². The van der Waals surface area contributed by atoms with Crippen LogP contribution in [0.5, 0.6) is 17.2 Å². The van der Waals surface area contributed by atoms with Crippen LogP contribution in [0.25, 0.3) is 11.1 Å². The number of nitrogen functional groups attached to an aromatic ring is 2. The molecule has 5 nitrogen and oxygen atoms in total. The second-order valence-corrected chi connectivity index (χ2v) is 4.75. The molecule has 0 saturated heterocycles. The third-order valence-corrected chi connectivity index (χ3v) is 3.07. The van der Waals surface area contributed by atoms with Crippen LogP contribution in [0.2, 0.25) is 0 Å². The van der Waals surface area contributed by atoms with Crippen molar-refractivity contribution in [2.24, 2.45) is 0 Å². The Morgan fingerprint density at radius 1 is 0.654 bits per heavy atom. The highest BCUT2D eigenvalue weighted by Crippen LogP contribution is 2.46. The first-order valence-corrected chi connectivity index (χ1v) is 6.85. The molecule has 0 radical (unpaired) electrons. The van der Waals surface area contributed by atoms with Gasteiger partial charge in [0.15, 0.2) is 11.5 Å². The van der Waals surface area contributed by atoms with E-state index in [0.29, 0.717) is 0 Å². The van der Waals surface area contributed by atoms with Gasteiger partial charge in [-0.25, -0.2) is 0 Å². The van der Waals surface area contributed by atoms with Crippen molar-refractivity contribution in [1.29, 1.82) is 0 Å². The van der Waals surface area contributed by atoms with Crippen LogP contribution in [-0.2, 0) is 0 Å². The van der Waals surface area contributed by atoms with E-state index in [0.717, 1.165) is 18.2 Å². The summed E-state index contributed by atoms with van der Waals surface area (Å²) in [7, 11) is 0. The second kappa shape index (κ2) is 7.93. The number of hydrogen-bond acceptors (Lipinski definition) is 5. The van der Waals surface area contributed by atoms with Crippen LogP contribution in [0.4, 0.5) is 37.7 Å². The van der Waals surface area contributed by atoms with Crippen LogP contribution in [-0.4, -0.2) is 19.8 Å². The molecule has 2 aromatic carbocycles. The minimum absolute atomic E-state index is 0.0419. The standard InChI is InChI=1S/C15H12F6N2O3/c16-13(17)24-10-5-6(22)1-2-7(10)8-3-4-9(23)12(26-15(20)21)11(8)25-14(18)19/h1-5,13-15H,22-23H2. The fourth-order valence-corrected chi connectivity index (χ4v) is 2.16. The van der Waals surface area contributed by atoms with Crippen molar-refractivity contribution in [2.75, 3.05) is 11.5 Å². The molecule has 0 aliphatic heterocycles. The summed E-state index contributed by atoms with van der Waals surface area (Å²) in [6.07, 6.45) is 0. The molecular formula is C15H12F6N2O3. The summed E-state index contributed by atoms with van der Waals surface area (Å²) >= 11 is 0. The van der Waals surface area contributed by atoms with Crippen LogP contribution in [0.15, 0.2) is 30.3 Å². The Balaban J connectivity index is 2.69. The Hall–Kier alpha value is -2.98. The van der Waals surface area contributed by atoms with E-state index in [2.05, 4.69) is 14.2 Å². The smallest absolute Gasteiger partial charge is 0.387 e. The van der Waals surface area contributed by atoms with Crippen molar-refractivity contribution in [2.45, 2.75) is 19.8 Å². The summed E-state index contributed by atoms with van der Waals surface area (Å²) < 4.78 is 88.7. The predicted octanol–water partition coefficient (Wildman–Crippen LogP) is 4.32. The number of alkyl halides is 6. The minimum atomic E-state index is -3.43. The Kier molecular flexibility index (Phi) is 5.90. The molecule has 0 aromatic heterocycles. The number of ether oxygens (including phenoxy) is 3. The van der Waals surface area contributed by atoms with Crippen LogP contribution in [0, 0.1) is 0 Å². The number of rotatable bonds is 7. The van der Waals surface area contributed by atoms with E-state index < -0.39 is 42.8 Å². The lowest BCUT2D eigenvalue weighted by atomic mass is 10.0. The van der Waals surface area contributed by atoms with Gasteiger partial charge in [-0.05, 0) is 24.3 Å². The molecule has 0 unspecified atom stereocenters. The highest BCUT2D eigenvalue weighted by molar-refractivity contribution is 5.83. The molecule has 2 aromatic rings. The SMILES string of the molecule is Nc1ccc(-c2ccc(N)c(OC(F)F)c2OC(F)F)c(OC(F)F)c1. The summed E-state index contributed by atoms with van der Waals surface area (Å²) in [5, 5.41) is 0. The highest BCUT2D eigenvalue weighted by Gasteiger charge is 2.24. The van der Waals surface area contributed by atoms with Crippen molar-refractivity contribution in [1.82, 2.24) is 0 Å². The van der Waals surface area contributed by atoms with Crippen LogP contribution in [0.3, 0.4) is 0 Å². The van der Waals surface area contributed by atoms with Gasteiger partial charge in [0.05, 0.1) is 5.69 Å². The number of benzene rings is 2. The quantitative estimate of drug-likeness (QED) is 0.551. The maximum Gasteiger partial charge on any atom is 0.387 e. The Morgan fingerprint density at radius 2 is 1.19 bits per heavy atom. The zero-order valence-electron chi connectivity index (χ0n) is 12.8. The Morgan fingerprint density at radius 3 is 1.77 bits per heavy atom. The van der Waals surface area contributed by atoms with Crippen LogP contribution >= 0.6 is 0 Å². The van der Waals surface area contributed by atoms with Crippen LogP contribution in [0.1, 0.15) is 0 Å². The summed E-state index contributed by atoms with van der Waals surface area (Å²) in [6.45, 7) is -10.1. The molecule has 0 aliphatic carbocycles. The van der Waals surface area contributed by atoms with Gasteiger partial charge < -0.3 is 25.7 Å². The van der Waals surface area contributed by atoms with E-state index in [1.54, 1.807) is 0 Å². The van der Waals surface area contributed by atoms with E-state index in [4.69, 9.17) is 11.5 Å². The van der Waals surface area contributed by atoms with Gasteiger partial charge in [-0.3, -0.25) is 0 Å². The van der Waals surface area contributed by atoms with Gasteiger partial charge in [-0.15, -0.1) is 0 Å². The first-order chi connectivity index (χ1) is 12.2. The topological polar surface area (TPSA) is 79.7 Å². The number of nitrogens with two attached hydrogens (primary N) is 2. The van der Waals surface area contributed by atoms with Gasteiger partial charge in [-0.2, -0.15) is 26.3 Å². The third-order valence-electron chi connectivity index (χ3n) is 3.07. The molecule has 0 fully saturated rings. The number of hydrogen-bond donors (Lipinski definition) is 2. The van der Waals surface area contributed by atoms with Gasteiger partial charge in [-0.1, -0.05) is 0 Å². The molecule has 2 rings (SSSR count). The normalized spacial score (nSPS) is 11.3. The largest absolute Gasteiger partial charge is 0.434 e. The molecular weight excluding hydrogens is 370 g/mol. The van der Waals surface area contributed by atoms with Crippen LogP contribution < -0.4 is 25.7 Å². The molecule has 26 heavy (non-hydrogen) atoms. The average Bonchev–Trinajstić information content (AvgIpc) is 2.50. The minimum Gasteiger partial charge on any atom is -0.434 e. The summed E-state index contributed by atoms with van der Waals surface area (Å²) in [5.74, 6) is -2.20.